The zero-order chi connectivity index (χ0) is 17.8. The van der Waals surface area contributed by atoms with E-state index >= 15 is 0 Å². The number of nitrogen functional groups attached to an aromatic ring is 1. The second kappa shape index (κ2) is 7.09. The van der Waals surface area contributed by atoms with E-state index < -0.39 is 23.2 Å². The number of nitrogens with two attached hydrogens (primary N) is 1. The highest BCUT2D eigenvalue weighted by molar-refractivity contribution is 7.15. The topological polar surface area (TPSA) is 147 Å². The molecule has 0 aliphatic carbocycles. The van der Waals surface area contributed by atoms with Crippen molar-refractivity contribution < 1.29 is 4.79 Å². The summed E-state index contributed by atoms with van der Waals surface area (Å²) in [6.45, 7) is 0. The van der Waals surface area contributed by atoms with Crippen LogP contribution < -0.4 is 22.3 Å². The van der Waals surface area contributed by atoms with Crippen LogP contribution in [0.2, 0.25) is 0 Å². The average Bonchev–Trinajstić information content (AvgIpc) is 3.02. The number of benzene rings is 1. The molecule has 3 rings (SSSR count). The summed E-state index contributed by atoms with van der Waals surface area (Å²) < 4.78 is 0. The first kappa shape index (κ1) is 16.6. The molecule has 2 heterocycles. The van der Waals surface area contributed by atoms with Gasteiger partial charge in [-0.2, -0.15) is 0 Å². The van der Waals surface area contributed by atoms with Gasteiger partial charge in [-0.1, -0.05) is 41.7 Å². The molecule has 9 nitrogen and oxygen atoms in total. The molecule has 0 spiro atoms. The molecule has 0 saturated heterocycles. The number of carbonyl (C=O) groups is 1. The molecule has 1 amide bonds. The monoisotopic (exact) mass is 358 g/mol. The molecule has 25 heavy (non-hydrogen) atoms. The van der Waals surface area contributed by atoms with E-state index in [1.165, 1.54) is 17.5 Å². The van der Waals surface area contributed by atoms with Crippen molar-refractivity contribution in [1.82, 2.24) is 25.5 Å². The van der Waals surface area contributed by atoms with E-state index in [0.717, 1.165) is 5.56 Å². The van der Waals surface area contributed by atoms with Crippen molar-refractivity contribution in [3.8, 4) is 0 Å². The van der Waals surface area contributed by atoms with Crippen molar-refractivity contribution in [1.29, 1.82) is 0 Å². The van der Waals surface area contributed by atoms with Gasteiger partial charge in [-0.3, -0.25) is 14.6 Å². The van der Waals surface area contributed by atoms with Crippen molar-refractivity contribution in [2.45, 2.75) is 12.5 Å². The van der Waals surface area contributed by atoms with Gasteiger partial charge < -0.3 is 16.0 Å². The van der Waals surface area contributed by atoms with Crippen LogP contribution in [0.15, 0.2) is 46.1 Å². The normalized spacial score (nSPS) is 11.8. The average molecular weight is 358 g/mol. The highest BCUT2D eigenvalue weighted by Gasteiger charge is 2.21. The molecule has 3 aromatic rings. The van der Waals surface area contributed by atoms with Gasteiger partial charge in [0.1, 0.15) is 11.0 Å². The number of amides is 1. The van der Waals surface area contributed by atoms with E-state index in [1.807, 2.05) is 30.3 Å². The van der Waals surface area contributed by atoms with Crippen LogP contribution in [0.3, 0.4) is 0 Å². The Labute approximate surface area is 145 Å². The Morgan fingerprint density at radius 3 is 2.64 bits per heavy atom. The first-order chi connectivity index (χ1) is 12.0. The second-order valence-corrected chi connectivity index (χ2v) is 6.20. The minimum Gasteiger partial charge on any atom is -0.374 e. The third kappa shape index (κ3) is 3.98. The molecule has 0 bridgehead atoms. The summed E-state index contributed by atoms with van der Waals surface area (Å²) >= 11 is 1.17. The molecule has 2 aromatic heterocycles. The van der Waals surface area contributed by atoms with E-state index in [1.54, 1.807) is 0 Å². The van der Waals surface area contributed by atoms with Crippen LogP contribution in [0.25, 0.3) is 0 Å². The molecular weight excluding hydrogens is 344 g/mol. The van der Waals surface area contributed by atoms with Gasteiger partial charge in [-0.05, 0) is 5.56 Å². The van der Waals surface area contributed by atoms with Gasteiger partial charge in [0, 0.05) is 11.8 Å². The van der Waals surface area contributed by atoms with Crippen LogP contribution in [0.4, 0.5) is 5.13 Å². The van der Waals surface area contributed by atoms with Crippen LogP contribution in [-0.4, -0.2) is 26.1 Å². The predicted octanol–water partition coefficient (Wildman–Crippen LogP) is -0.0548. The number of hydrogen-bond donors (Lipinski definition) is 4. The summed E-state index contributed by atoms with van der Waals surface area (Å²) in [5.74, 6) is -0.403. The number of rotatable bonds is 5. The maximum absolute atomic E-state index is 12.4. The molecule has 128 valence electrons. The van der Waals surface area contributed by atoms with Crippen LogP contribution in [-0.2, 0) is 11.2 Å². The Bertz CT molecular complexity index is 994. The number of nitrogens with zero attached hydrogens (tertiary/aromatic N) is 2. The maximum Gasteiger partial charge on any atom is 0.325 e. The number of anilines is 1. The number of H-pyrrole nitrogens is 2. The summed E-state index contributed by atoms with van der Waals surface area (Å²) in [7, 11) is 0. The standard InChI is InChI=1S/C15H14N6O3S/c16-14-21-20-13(25-14)11(8-4-2-1-3-5-8)18-10(22)6-9-7-17-15(24)19-12(9)23/h1-5,7,11H,6H2,(H2,16,21)(H,18,22)(H2,17,19,23,24)/t11-/m1/s1. The Balaban J connectivity index is 1.84. The highest BCUT2D eigenvalue weighted by Crippen LogP contribution is 2.25. The summed E-state index contributed by atoms with van der Waals surface area (Å²) in [5.41, 5.74) is 5.37. The first-order valence-corrected chi connectivity index (χ1v) is 8.08. The minimum atomic E-state index is -0.624. The molecule has 0 unspecified atom stereocenters. The van der Waals surface area contributed by atoms with E-state index in [9.17, 15) is 14.4 Å². The van der Waals surface area contributed by atoms with Crippen molar-refractivity contribution in [3.63, 3.8) is 0 Å². The molecule has 0 fully saturated rings. The van der Waals surface area contributed by atoms with Crippen LogP contribution >= 0.6 is 11.3 Å². The van der Waals surface area contributed by atoms with Gasteiger partial charge in [-0.15, -0.1) is 10.2 Å². The van der Waals surface area contributed by atoms with Gasteiger partial charge in [0.05, 0.1) is 6.42 Å². The number of aromatic amines is 2. The largest absolute Gasteiger partial charge is 0.374 e. The second-order valence-electron chi connectivity index (χ2n) is 5.16. The van der Waals surface area contributed by atoms with Gasteiger partial charge in [0.2, 0.25) is 11.0 Å². The molecule has 1 atom stereocenters. The quantitative estimate of drug-likeness (QED) is 0.503. The van der Waals surface area contributed by atoms with E-state index in [-0.39, 0.29) is 12.0 Å². The number of aromatic nitrogens is 4. The third-order valence-electron chi connectivity index (χ3n) is 3.39. The molecule has 1 aromatic carbocycles. The Hall–Kier alpha value is -3.27. The minimum absolute atomic E-state index is 0.153. The van der Waals surface area contributed by atoms with E-state index in [2.05, 4.69) is 25.5 Å². The fraction of sp³-hybridized carbons (Fsp3) is 0.133. The van der Waals surface area contributed by atoms with E-state index in [4.69, 9.17) is 5.73 Å². The fourth-order valence-electron chi connectivity index (χ4n) is 2.25. The SMILES string of the molecule is Nc1nnc([C@H](NC(=O)Cc2c[nH]c(=O)[nH]c2=O)c2ccccc2)s1. The number of hydrogen-bond acceptors (Lipinski definition) is 7. The van der Waals surface area contributed by atoms with Gasteiger partial charge >= 0.3 is 5.69 Å². The molecule has 5 N–H and O–H groups in total. The van der Waals surface area contributed by atoms with Crippen molar-refractivity contribution >= 4 is 22.4 Å². The lowest BCUT2D eigenvalue weighted by Gasteiger charge is -2.16. The number of carbonyl (C=O) groups excluding carboxylic acids is 1. The lowest BCUT2D eigenvalue weighted by Crippen LogP contribution is -2.33. The van der Waals surface area contributed by atoms with Gasteiger partial charge in [-0.25, -0.2) is 4.79 Å². The van der Waals surface area contributed by atoms with Crippen molar-refractivity contribution in [3.05, 3.63) is 73.5 Å². The lowest BCUT2D eigenvalue weighted by molar-refractivity contribution is -0.121. The van der Waals surface area contributed by atoms with Gasteiger partial charge in [0.25, 0.3) is 5.56 Å². The van der Waals surface area contributed by atoms with E-state index in [0.29, 0.717) is 10.1 Å². The van der Waals surface area contributed by atoms with Gasteiger partial charge in [0.15, 0.2) is 0 Å². The first-order valence-electron chi connectivity index (χ1n) is 7.27. The molecule has 0 radical (unpaired) electrons. The zero-order valence-corrected chi connectivity index (χ0v) is 13.7. The zero-order valence-electron chi connectivity index (χ0n) is 12.9. The van der Waals surface area contributed by atoms with Crippen LogP contribution in [0.5, 0.6) is 0 Å². The predicted molar refractivity (Wildman–Crippen MR) is 92.1 cm³/mol. The highest BCUT2D eigenvalue weighted by atomic mass is 32.1. The molecule has 0 saturated carbocycles. The molecule has 10 heteroatoms. The van der Waals surface area contributed by atoms with Crippen molar-refractivity contribution in [2.24, 2.45) is 0 Å². The van der Waals surface area contributed by atoms with Crippen LogP contribution in [0.1, 0.15) is 22.2 Å². The smallest absolute Gasteiger partial charge is 0.325 e. The molecule has 0 aliphatic heterocycles. The summed E-state index contributed by atoms with van der Waals surface area (Å²) in [6, 6.07) is 8.68. The molecule has 0 aliphatic rings. The van der Waals surface area contributed by atoms with Crippen molar-refractivity contribution in [2.75, 3.05) is 5.73 Å². The molecular formula is C15H14N6O3S. The van der Waals surface area contributed by atoms with Crippen LogP contribution in [0, 0.1) is 0 Å². The third-order valence-corrected chi connectivity index (χ3v) is 4.21. The lowest BCUT2D eigenvalue weighted by atomic mass is 10.1. The Morgan fingerprint density at radius 2 is 2.00 bits per heavy atom. The Kier molecular flexibility index (Phi) is 4.70. The summed E-state index contributed by atoms with van der Waals surface area (Å²) in [4.78, 5) is 39.6. The summed E-state index contributed by atoms with van der Waals surface area (Å²) in [6.07, 6.45) is 1.03. The fourth-order valence-corrected chi connectivity index (χ4v) is 2.94. The number of nitrogens with one attached hydrogen (secondary N) is 3. The summed E-state index contributed by atoms with van der Waals surface area (Å²) in [5, 5.41) is 11.4. The maximum atomic E-state index is 12.4. The Morgan fingerprint density at radius 1 is 1.24 bits per heavy atom.